The maximum atomic E-state index is 9.83. The van der Waals surface area contributed by atoms with Crippen molar-refractivity contribution in [2.24, 2.45) is 5.92 Å². The van der Waals surface area contributed by atoms with Gasteiger partial charge in [0, 0.05) is 19.8 Å². The second kappa shape index (κ2) is 6.88. The van der Waals surface area contributed by atoms with E-state index in [0.717, 1.165) is 64.3 Å². The molecule has 0 aliphatic carbocycles. The van der Waals surface area contributed by atoms with E-state index in [4.69, 9.17) is 9.47 Å². The van der Waals surface area contributed by atoms with Gasteiger partial charge in [0.2, 0.25) is 0 Å². The Labute approximate surface area is 111 Å². The van der Waals surface area contributed by atoms with Crippen molar-refractivity contribution in [1.82, 2.24) is 0 Å². The lowest BCUT2D eigenvalue weighted by molar-refractivity contribution is -0.148. The molecule has 0 radical (unpaired) electrons. The van der Waals surface area contributed by atoms with E-state index in [2.05, 4.69) is 6.92 Å². The molecule has 2 aliphatic rings. The highest BCUT2D eigenvalue weighted by atomic mass is 16.5. The average molecular weight is 256 g/mol. The van der Waals surface area contributed by atoms with Gasteiger partial charge in [0.05, 0.1) is 11.7 Å². The molecule has 0 saturated carbocycles. The molecular formula is C15H28O3. The number of hydrogen-bond acceptors (Lipinski definition) is 3. The molecule has 2 unspecified atom stereocenters. The SMILES string of the molecule is CCCC(O)CCC1CCOC2(CCOCC2)C1. The second-order valence-corrected chi connectivity index (χ2v) is 6.02. The van der Waals surface area contributed by atoms with Crippen LogP contribution in [-0.2, 0) is 9.47 Å². The molecule has 2 rings (SSSR count). The third-order valence-electron chi connectivity index (χ3n) is 4.53. The predicted molar refractivity (Wildman–Crippen MR) is 71.6 cm³/mol. The summed E-state index contributed by atoms with van der Waals surface area (Å²) >= 11 is 0. The van der Waals surface area contributed by atoms with Crippen LogP contribution in [0.25, 0.3) is 0 Å². The minimum atomic E-state index is -0.0940. The first-order valence-electron chi connectivity index (χ1n) is 7.64. The first-order valence-corrected chi connectivity index (χ1v) is 7.64. The van der Waals surface area contributed by atoms with E-state index in [0.29, 0.717) is 0 Å². The summed E-state index contributed by atoms with van der Waals surface area (Å²) in [6.45, 7) is 4.74. The van der Waals surface area contributed by atoms with Crippen LogP contribution in [-0.4, -0.2) is 36.6 Å². The summed E-state index contributed by atoms with van der Waals surface area (Å²) in [4.78, 5) is 0. The molecule has 0 aromatic carbocycles. The molecule has 18 heavy (non-hydrogen) atoms. The van der Waals surface area contributed by atoms with E-state index in [1.165, 1.54) is 12.8 Å². The summed E-state index contributed by atoms with van der Waals surface area (Å²) in [5.41, 5.74) is 0.108. The molecule has 0 bridgehead atoms. The van der Waals surface area contributed by atoms with E-state index in [-0.39, 0.29) is 11.7 Å². The molecule has 2 aliphatic heterocycles. The summed E-state index contributed by atoms with van der Waals surface area (Å²) in [5.74, 6) is 0.739. The predicted octanol–water partition coefficient (Wildman–Crippen LogP) is 2.90. The van der Waals surface area contributed by atoms with Crippen LogP contribution in [0.1, 0.15) is 58.3 Å². The number of aliphatic hydroxyl groups is 1. The van der Waals surface area contributed by atoms with Crippen molar-refractivity contribution in [3.8, 4) is 0 Å². The summed E-state index contributed by atoms with van der Waals surface area (Å²) in [5, 5.41) is 9.83. The fourth-order valence-electron chi connectivity index (χ4n) is 3.37. The van der Waals surface area contributed by atoms with Crippen molar-refractivity contribution in [2.75, 3.05) is 19.8 Å². The van der Waals surface area contributed by atoms with Crippen molar-refractivity contribution in [2.45, 2.75) is 70.0 Å². The van der Waals surface area contributed by atoms with Gasteiger partial charge in [-0.05, 0) is 50.9 Å². The Hall–Kier alpha value is -0.120. The lowest BCUT2D eigenvalue weighted by atomic mass is 9.79. The van der Waals surface area contributed by atoms with Gasteiger partial charge in [0.15, 0.2) is 0 Å². The third kappa shape index (κ3) is 3.94. The molecule has 2 atom stereocenters. The van der Waals surface area contributed by atoms with Gasteiger partial charge in [0.1, 0.15) is 0 Å². The lowest BCUT2D eigenvalue weighted by Gasteiger charge is -2.43. The van der Waals surface area contributed by atoms with Gasteiger partial charge in [0.25, 0.3) is 0 Å². The molecule has 0 aromatic rings. The highest BCUT2D eigenvalue weighted by molar-refractivity contribution is 4.89. The Balaban J connectivity index is 1.76. The molecule has 2 fully saturated rings. The molecule has 3 heteroatoms. The topological polar surface area (TPSA) is 38.7 Å². The number of aliphatic hydroxyl groups excluding tert-OH is 1. The van der Waals surface area contributed by atoms with Gasteiger partial charge in [-0.1, -0.05) is 13.3 Å². The summed E-state index contributed by atoms with van der Waals surface area (Å²) in [6, 6.07) is 0. The number of rotatable bonds is 5. The third-order valence-corrected chi connectivity index (χ3v) is 4.53. The van der Waals surface area contributed by atoms with E-state index in [1.807, 2.05) is 0 Å². The summed E-state index contributed by atoms with van der Waals surface area (Å²) in [6.07, 6.45) is 8.51. The van der Waals surface area contributed by atoms with Crippen LogP contribution < -0.4 is 0 Å². The van der Waals surface area contributed by atoms with E-state index < -0.39 is 0 Å². The Kier molecular flexibility index (Phi) is 5.46. The molecule has 2 saturated heterocycles. The quantitative estimate of drug-likeness (QED) is 0.822. The minimum Gasteiger partial charge on any atom is -0.393 e. The van der Waals surface area contributed by atoms with Gasteiger partial charge in [-0.2, -0.15) is 0 Å². The van der Waals surface area contributed by atoms with Gasteiger partial charge >= 0.3 is 0 Å². The fourth-order valence-corrected chi connectivity index (χ4v) is 3.37. The molecule has 1 spiro atoms. The Morgan fingerprint density at radius 3 is 2.72 bits per heavy atom. The average Bonchev–Trinajstić information content (AvgIpc) is 2.38. The van der Waals surface area contributed by atoms with Crippen molar-refractivity contribution in [3.63, 3.8) is 0 Å². The molecular weight excluding hydrogens is 228 g/mol. The van der Waals surface area contributed by atoms with Crippen LogP contribution in [0.15, 0.2) is 0 Å². The van der Waals surface area contributed by atoms with Crippen molar-refractivity contribution in [3.05, 3.63) is 0 Å². The smallest absolute Gasteiger partial charge is 0.0729 e. The number of ether oxygens (including phenoxy) is 2. The van der Waals surface area contributed by atoms with Crippen LogP contribution >= 0.6 is 0 Å². The standard InChI is InChI=1S/C15H28O3/c1-2-3-14(16)5-4-13-6-9-18-15(12-13)7-10-17-11-8-15/h13-14,16H,2-12H2,1H3. The first kappa shape index (κ1) is 14.3. The Bertz CT molecular complexity index is 230. The van der Waals surface area contributed by atoms with Crippen LogP contribution in [0.3, 0.4) is 0 Å². The fraction of sp³-hybridized carbons (Fsp3) is 1.00. The van der Waals surface area contributed by atoms with Crippen LogP contribution in [0, 0.1) is 5.92 Å². The molecule has 0 aromatic heterocycles. The largest absolute Gasteiger partial charge is 0.393 e. The molecule has 3 nitrogen and oxygen atoms in total. The number of hydrogen-bond donors (Lipinski definition) is 1. The molecule has 2 heterocycles. The minimum absolute atomic E-state index is 0.0940. The summed E-state index contributed by atoms with van der Waals surface area (Å²) < 4.78 is 11.5. The van der Waals surface area contributed by atoms with Crippen molar-refractivity contribution in [1.29, 1.82) is 0 Å². The summed E-state index contributed by atoms with van der Waals surface area (Å²) in [7, 11) is 0. The van der Waals surface area contributed by atoms with Crippen LogP contribution in [0.4, 0.5) is 0 Å². The highest BCUT2D eigenvalue weighted by Gasteiger charge is 2.38. The zero-order valence-electron chi connectivity index (χ0n) is 11.7. The van der Waals surface area contributed by atoms with Crippen LogP contribution in [0.2, 0.25) is 0 Å². The van der Waals surface area contributed by atoms with Gasteiger partial charge < -0.3 is 14.6 Å². The zero-order chi connectivity index (χ0) is 12.8. The van der Waals surface area contributed by atoms with Gasteiger partial charge in [-0.25, -0.2) is 0 Å². The van der Waals surface area contributed by atoms with Crippen molar-refractivity contribution >= 4 is 0 Å². The zero-order valence-corrected chi connectivity index (χ0v) is 11.7. The monoisotopic (exact) mass is 256 g/mol. The highest BCUT2D eigenvalue weighted by Crippen LogP contribution is 2.38. The maximum Gasteiger partial charge on any atom is 0.0729 e. The molecule has 0 amide bonds. The lowest BCUT2D eigenvalue weighted by Crippen LogP contribution is -2.44. The van der Waals surface area contributed by atoms with E-state index >= 15 is 0 Å². The first-order chi connectivity index (χ1) is 8.74. The Morgan fingerprint density at radius 1 is 1.22 bits per heavy atom. The van der Waals surface area contributed by atoms with Crippen LogP contribution in [0.5, 0.6) is 0 Å². The van der Waals surface area contributed by atoms with Gasteiger partial charge in [-0.3, -0.25) is 0 Å². The molecule has 106 valence electrons. The molecule has 1 N–H and O–H groups in total. The van der Waals surface area contributed by atoms with E-state index in [9.17, 15) is 5.11 Å². The van der Waals surface area contributed by atoms with E-state index in [1.54, 1.807) is 0 Å². The second-order valence-electron chi connectivity index (χ2n) is 6.02. The maximum absolute atomic E-state index is 9.83. The van der Waals surface area contributed by atoms with Gasteiger partial charge in [-0.15, -0.1) is 0 Å². The normalized spacial score (nSPS) is 29.3. The van der Waals surface area contributed by atoms with Crippen molar-refractivity contribution < 1.29 is 14.6 Å². The Morgan fingerprint density at radius 2 is 2.00 bits per heavy atom.